The maximum atomic E-state index is 11.9. The van der Waals surface area contributed by atoms with Crippen LogP contribution in [-0.2, 0) is 19.1 Å². The summed E-state index contributed by atoms with van der Waals surface area (Å²) >= 11 is 6.00. The highest BCUT2D eigenvalue weighted by atomic mass is 35.5. The van der Waals surface area contributed by atoms with Crippen LogP contribution in [0.1, 0.15) is 18.4 Å². The molecule has 8 heteroatoms. The average molecular weight is 355 g/mol. The lowest BCUT2D eigenvalue weighted by Gasteiger charge is -2.15. The molecule has 2 rings (SSSR count). The molecule has 1 aromatic rings. The van der Waals surface area contributed by atoms with Gasteiger partial charge < -0.3 is 19.7 Å². The van der Waals surface area contributed by atoms with Crippen molar-refractivity contribution in [3.63, 3.8) is 0 Å². The third-order valence-electron chi connectivity index (χ3n) is 3.61. The van der Waals surface area contributed by atoms with Crippen molar-refractivity contribution < 1.29 is 23.9 Å². The molecular formula is C16H19ClN2O5. The van der Waals surface area contributed by atoms with E-state index in [1.165, 1.54) is 12.0 Å². The Morgan fingerprint density at radius 2 is 2.12 bits per heavy atom. The summed E-state index contributed by atoms with van der Waals surface area (Å²) in [6.07, 6.45) is 1.19. The van der Waals surface area contributed by atoms with Crippen LogP contribution < -0.4 is 10.1 Å². The highest BCUT2D eigenvalue weighted by Crippen LogP contribution is 2.30. The van der Waals surface area contributed by atoms with Crippen molar-refractivity contribution in [3.05, 3.63) is 22.7 Å². The number of nitrogens with zero attached hydrogens (tertiary/aromatic N) is 1. The standard InChI is InChI=1S/C16H19ClN2O5/c1-10-6-12(13(23-2)7-11(10)17)18-14(20)9-24-16(22)8-19-5-3-4-15(19)21/h6-7H,3-5,8-9H2,1-2H3,(H,18,20). The number of likely N-dealkylation sites (tertiary alicyclic amines) is 1. The number of methoxy groups -OCH3 is 1. The van der Waals surface area contributed by atoms with Crippen LogP contribution in [0.5, 0.6) is 5.75 Å². The molecule has 0 radical (unpaired) electrons. The Morgan fingerprint density at radius 3 is 2.75 bits per heavy atom. The zero-order valence-corrected chi connectivity index (χ0v) is 14.3. The van der Waals surface area contributed by atoms with E-state index in [0.717, 1.165) is 12.0 Å². The van der Waals surface area contributed by atoms with Gasteiger partial charge in [-0.2, -0.15) is 0 Å². The molecule has 1 aliphatic heterocycles. The molecule has 0 unspecified atom stereocenters. The number of carbonyl (C=O) groups excluding carboxylic acids is 3. The normalized spacial score (nSPS) is 13.8. The summed E-state index contributed by atoms with van der Waals surface area (Å²) in [5.41, 5.74) is 1.22. The number of hydrogen-bond acceptors (Lipinski definition) is 5. The van der Waals surface area contributed by atoms with E-state index in [2.05, 4.69) is 5.32 Å². The van der Waals surface area contributed by atoms with Crippen LogP contribution in [0, 0.1) is 6.92 Å². The van der Waals surface area contributed by atoms with Crippen LogP contribution in [0.3, 0.4) is 0 Å². The van der Waals surface area contributed by atoms with E-state index in [-0.39, 0.29) is 12.5 Å². The molecule has 1 aromatic carbocycles. The fourth-order valence-electron chi connectivity index (χ4n) is 2.33. The van der Waals surface area contributed by atoms with E-state index in [1.54, 1.807) is 19.1 Å². The summed E-state index contributed by atoms with van der Waals surface area (Å²) in [5, 5.41) is 3.13. The lowest BCUT2D eigenvalue weighted by Crippen LogP contribution is -2.33. The number of rotatable bonds is 6. The van der Waals surface area contributed by atoms with Crippen molar-refractivity contribution in [1.82, 2.24) is 4.90 Å². The predicted octanol–water partition coefficient (Wildman–Crippen LogP) is 1.76. The Labute approximate surface area is 144 Å². The molecule has 1 saturated heterocycles. The minimum atomic E-state index is -0.611. The van der Waals surface area contributed by atoms with Gasteiger partial charge in [0.1, 0.15) is 12.3 Å². The molecule has 130 valence electrons. The molecule has 0 bridgehead atoms. The lowest BCUT2D eigenvalue weighted by molar-refractivity contribution is -0.150. The third kappa shape index (κ3) is 4.61. The quantitative estimate of drug-likeness (QED) is 0.787. The molecule has 1 heterocycles. The van der Waals surface area contributed by atoms with Crippen LogP contribution in [0.4, 0.5) is 5.69 Å². The van der Waals surface area contributed by atoms with Gasteiger partial charge in [-0.15, -0.1) is 0 Å². The Bertz CT molecular complexity index is 662. The van der Waals surface area contributed by atoms with Gasteiger partial charge in [-0.05, 0) is 25.0 Å². The molecule has 24 heavy (non-hydrogen) atoms. The highest BCUT2D eigenvalue weighted by Gasteiger charge is 2.23. The molecule has 1 aliphatic rings. The first-order valence-electron chi connectivity index (χ1n) is 7.48. The van der Waals surface area contributed by atoms with Gasteiger partial charge >= 0.3 is 5.97 Å². The zero-order chi connectivity index (χ0) is 17.7. The minimum Gasteiger partial charge on any atom is -0.495 e. The summed E-state index contributed by atoms with van der Waals surface area (Å²) in [7, 11) is 1.46. The number of carbonyl (C=O) groups is 3. The summed E-state index contributed by atoms with van der Waals surface area (Å²) in [5.74, 6) is -0.776. The fourth-order valence-corrected chi connectivity index (χ4v) is 2.49. The van der Waals surface area contributed by atoms with Gasteiger partial charge in [-0.25, -0.2) is 0 Å². The van der Waals surface area contributed by atoms with Gasteiger partial charge in [-0.1, -0.05) is 11.6 Å². The molecule has 1 fully saturated rings. The Kier molecular flexibility index (Phi) is 6.03. The number of hydrogen-bond donors (Lipinski definition) is 1. The smallest absolute Gasteiger partial charge is 0.326 e. The number of aryl methyl sites for hydroxylation is 1. The molecule has 0 atom stereocenters. The van der Waals surface area contributed by atoms with Crippen molar-refractivity contribution >= 4 is 35.1 Å². The van der Waals surface area contributed by atoms with Crippen molar-refractivity contribution in [2.75, 3.05) is 32.1 Å². The molecule has 0 saturated carbocycles. The van der Waals surface area contributed by atoms with Gasteiger partial charge in [0, 0.05) is 24.1 Å². The van der Waals surface area contributed by atoms with Crippen molar-refractivity contribution in [3.8, 4) is 5.75 Å². The topological polar surface area (TPSA) is 84.9 Å². The summed E-state index contributed by atoms with van der Waals surface area (Å²) in [4.78, 5) is 36.5. The van der Waals surface area contributed by atoms with E-state index in [9.17, 15) is 14.4 Å². The molecule has 0 aliphatic carbocycles. The summed E-state index contributed by atoms with van der Waals surface area (Å²) in [6.45, 7) is 1.77. The van der Waals surface area contributed by atoms with Gasteiger partial charge in [0.15, 0.2) is 6.61 Å². The highest BCUT2D eigenvalue weighted by molar-refractivity contribution is 6.31. The van der Waals surface area contributed by atoms with Crippen LogP contribution in [-0.4, -0.2) is 49.5 Å². The zero-order valence-electron chi connectivity index (χ0n) is 13.6. The number of benzene rings is 1. The van der Waals surface area contributed by atoms with E-state index < -0.39 is 18.5 Å². The predicted molar refractivity (Wildman–Crippen MR) is 88.1 cm³/mol. The monoisotopic (exact) mass is 354 g/mol. The number of esters is 1. The van der Waals surface area contributed by atoms with E-state index in [0.29, 0.717) is 29.4 Å². The van der Waals surface area contributed by atoms with Crippen molar-refractivity contribution in [1.29, 1.82) is 0 Å². The SMILES string of the molecule is COc1cc(Cl)c(C)cc1NC(=O)COC(=O)CN1CCCC1=O. The first kappa shape index (κ1) is 18.1. The number of ether oxygens (including phenoxy) is 2. The summed E-state index contributed by atoms with van der Waals surface area (Å²) in [6, 6.07) is 3.27. The molecule has 0 spiro atoms. The number of nitrogens with one attached hydrogen (secondary N) is 1. The van der Waals surface area contributed by atoms with Crippen LogP contribution in [0.2, 0.25) is 5.02 Å². The van der Waals surface area contributed by atoms with Gasteiger partial charge in [0.25, 0.3) is 5.91 Å². The molecule has 0 aromatic heterocycles. The first-order chi connectivity index (χ1) is 11.4. The first-order valence-corrected chi connectivity index (χ1v) is 7.86. The molecule has 7 nitrogen and oxygen atoms in total. The molecule has 2 amide bonds. The van der Waals surface area contributed by atoms with E-state index in [4.69, 9.17) is 21.1 Å². The summed E-state index contributed by atoms with van der Waals surface area (Å²) < 4.78 is 10.1. The number of anilines is 1. The maximum absolute atomic E-state index is 11.9. The van der Waals surface area contributed by atoms with Crippen LogP contribution in [0.25, 0.3) is 0 Å². The number of halogens is 1. The second-order valence-electron chi connectivity index (χ2n) is 5.43. The van der Waals surface area contributed by atoms with Gasteiger partial charge in [-0.3, -0.25) is 14.4 Å². The Hall–Kier alpha value is -2.28. The maximum Gasteiger partial charge on any atom is 0.326 e. The average Bonchev–Trinajstić information content (AvgIpc) is 2.93. The second kappa shape index (κ2) is 8.01. The van der Waals surface area contributed by atoms with Gasteiger partial charge in [0.2, 0.25) is 5.91 Å². The van der Waals surface area contributed by atoms with Crippen molar-refractivity contribution in [2.45, 2.75) is 19.8 Å². The number of amides is 2. The minimum absolute atomic E-state index is 0.0715. The molecule has 1 N–H and O–H groups in total. The fraction of sp³-hybridized carbons (Fsp3) is 0.438. The van der Waals surface area contributed by atoms with Crippen LogP contribution in [0.15, 0.2) is 12.1 Å². The lowest BCUT2D eigenvalue weighted by atomic mass is 10.2. The second-order valence-corrected chi connectivity index (χ2v) is 5.84. The van der Waals surface area contributed by atoms with E-state index >= 15 is 0 Å². The van der Waals surface area contributed by atoms with E-state index in [1.807, 2.05) is 0 Å². The largest absolute Gasteiger partial charge is 0.495 e. The molecular weight excluding hydrogens is 336 g/mol. The third-order valence-corrected chi connectivity index (χ3v) is 4.02. The van der Waals surface area contributed by atoms with Crippen molar-refractivity contribution in [2.24, 2.45) is 0 Å². The van der Waals surface area contributed by atoms with Crippen LogP contribution >= 0.6 is 11.6 Å². The Balaban J connectivity index is 1.86. The Morgan fingerprint density at radius 1 is 1.38 bits per heavy atom. The van der Waals surface area contributed by atoms with Gasteiger partial charge in [0.05, 0.1) is 12.8 Å².